The number of ether oxygens (including phenoxy) is 2. The summed E-state index contributed by atoms with van der Waals surface area (Å²) in [4.78, 5) is 23.8. The second kappa shape index (κ2) is 9.41. The largest absolute Gasteiger partial charge is 0.444 e. The van der Waals surface area contributed by atoms with E-state index in [1.807, 2.05) is 36.4 Å². The number of carbonyl (C=O) groups is 2. The number of alkyl carbamates (subject to hydrolysis) is 1. The number of anilines is 1. The highest BCUT2D eigenvalue weighted by atomic mass is 79.9. The fourth-order valence-electron chi connectivity index (χ4n) is 2.19. The van der Waals surface area contributed by atoms with Crippen LogP contribution in [0.3, 0.4) is 0 Å². The normalized spacial score (nSPS) is 10.8. The molecule has 0 spiro atoms. The van der Waals surface area contributed by atoms with Gasteiger partial charge in [-0.05, 0) is 50.1 Å². The van der Waals surface area contributed by atoms with Gasteiger partial charge >= 0.3 is 12.2 Å². The van der Waals surface area contributed by atoms with Gasteiger partial charge in [-0.3, -0.25) is 5.32 Å². The zero-order chi connectivity index (χ0) is 19.9. The van der Waals surface area contributed by atoms with E-state index in [0.717, 1.165) is 15.6 Å². The maximum Gasteiger partial charge on any atom is 0.411 e. The maximum absolute atomic E-state index is 12.0. The Balaban J connectivity index is 1.90. The van der Waals surface area contributed by atoms with Crippen LogP contribution in [0, 0.1) is 0 Å². The van der Waals surface area contributed by atoms with Gasteiger partial charge in [-0.25, -0.2) is 9.59 Å². The molecule has 0 atom stereocenters. The molecule has 27 heavy (non-hydrogen) atoms. The van der Waals surface area contributed by atoms with Crippen molar-refractivity contribution in [1.29, 1.82) is 0 Å². The third-order valence-electron chi connectivity index (χ3n) is 3.25. The summed E-state index contributed by atoms with van der Waals surface area (Å²) in [6.07, 6.45) is -1.05. The average Bonchev–Trinajstić information content (AvgIpc) is 2.57. The van der Waals surface area contributed by atoms with Gasteiger partial charge in [0.25, 0.3) is 0 Å². The van der Waals surface area contributed by atoms with Gasteiger partial charge in [0, 0.05) is 16.7 Å². The van der Waals surface area contributed by atoms with Crippen molar-refractivity contribution in [2.75, 3.05) is 5.32 Å². The van der Waals surface area contributed by atoms with Gasteiger partial charge in [-0.1, -0.05) is 46.3 Å². The molecular formula is C20H23BrN2O4. The van der Waals surface area contributed by atoms with Gasteiger partial charge in [0.2, 0.25) is 0 Å². The lowest BCUT2D eigenvalue weighted by Crippen LogP contribution is -2.32. The Morgan fingerprint density at radius 2 is 1.70 bits per heavy atom. The molecule has 0 aliphatic rings. The number of halogens is 1. The molecule has 2 aromatic rings. The quantitative estimate of drug-likeness (QED) is 0.675. The van der Waals surface area contributed by atoms with Crippen molar-refractivity contribution in [3.8, 4) is 0 Å². The molecule has 2 amide bonds. The summed E-state index contributed by atoms with van der Waals surface area (Å²) in [5, 5.41) is 5.37. The first-order valence-electron chi connectivity index (χ1n) is 8.45. The summed E-state index contributed by atoms with van der Waals surface area (Å²) in [5.74, 6) is 0. The lowest BCUT2D eigenvalue weighted by Gasteiger charge is -2.19. The van der Waals surface area contributed by atoms with Crippen molar-refractivity contribution in [3.05, 3.63) is 64.1 Å². The van der Waals surface area contributed by atoms with Gasteiger partial charge in [0.15, 0.2) is 0 Å². The van der Waals surface area contributed by atoms with Gasteiger partial charge in [0.1, 0.15) is 12.2 Å². The maximum atomic E-state index is 12.0. The highest BCUT2D eigenvalue weighted by Crippen LogP contribution is 2.20. The van der Waals surface area contributed by atoms with E-state index in [-0.39, 0.29) is 13.2 Å². The first-order valence-corrected chi connectivity index (χ1v) is 9.24. The highest BCUT2D eigenvalue weighted by Gasteiger charge is 2.16. The van der Waals surface area contributed by atoms with E-state index >= 15 is 0 Å². The van der Waals surface area contributed by atoms with Crippen molar-refractivity contribution >= 4 is 33.8 Å². The highest BCUT2D eigenvalue weighted by molar-refractivity contribution is 9.10. The second-order valence-electron chi connectivity index (χ2n) is 6.89. The molecule has 0 aromatic heterocycles. The smallest absolute Gasteiger partial charge is 0.411 e. The molecule has 0 fully saturated rings. The minimum Gasteiger partial charge on any atom is -0.444 e. The van der Waals surface area contributed by atoms with E-state index in [1.165, 1.54) is 0 Å². The Hall–Kier alpha value is -2.54. The number of carbonyl (C=O) groups excluding carboxylic acids is 2. The van der Waals surface area contributed by atoms with E-state index < -0.39 is 17.8 Å². The molecule has 2 N–H and O–H groups in total. The number of benzene rings is 2. The van der Waals surface area contributed by atoms with E-state index in [1.54, 1.807) is 32.9 Å². The predicted molar refractivity (Wildman–Crippen MR) is 107 cm³/mol. The molecule has 0 aliphatic carbocycles. The van der Waals surface area contributed by atoms with Crippen LogP contribution in [0.2, 0.25) is 0 Å². The molecule has 0 aliphatic heterocycles. The number of hydrogen-bond acceptors (Lipinski definition) is 4. The molecule has 7 heteroatoms. The molecule has 2 rings (SSSR count). The molecule has 0 unspecified atom stereocenters. The fourth-order valence-corrected chi connectivity index (χ4v) is 2.73. The lowest BCUT2D eigenvalue weighted by molar-refractivity contribution is 0.0523. The van der Waals surface area contributed by atoms with E-state index in [9.17, 15) is 9.59 Å². The summed E-state index contributed by atoms with van der Waals surface area (Å²) < 4.78 is 11.2. The fraction of sp³-hybridized carbons (Fsp3) is 0.300. The summed E-state index contributed by atoms with van der Waals surface area (Å²) in [5.41, 5.74) is 1.71. The standard InChI is InChI=1S/C20H23BrN2O4/c1-20(2,3)27-18(24)22-12-15-9-16(21)11-17(10-15)23-19(25)26-13-14-7-5-4-6-8-14/h4-11H,12-13H2,1-3H3,(H,22,24)(H,23,25). The average molecular weight is 435 g/mol. The van der Waals surface area contributed by atoms with Gasteiger partial charge in [-0.15, -0.1) is 0 Å². The topological polar surface area (TPSA) is 76.7 Å². The van der Waals surface area contributed by atoms with Crippen LogP contribution in [0.25, 0.3) is 0 Å². The third kappa shape index (κ3) is 8.13. The number of hydrogen-bond donors (Lipinski definition) is 2. The van der Waals surface area contributed by atoms with Crippen molar-refractivity contribution in [3.63, 3.8) is 0 Å². The summed E-state index contributed by atoms with van der Waals surface area (Å²) in [6.45, 7) is 5.86. The van der Waals surface area contributed by atoms with Gasteiger partial charge in [-0.2, -0.15) is 0 Å². The minimum atomic E-state index is -0.559. The zero-order valence-corrected chi connectivity index (χ0v) is 17.1. The molecule has 144 valence electrons. The van der Waals surface area contributed by atoms with Crippen LogP contribution in [-0.2, 0) is 22.6 Å². The Morgan fingerprint density at radius 1 is 1.00 bits per heavy atom. The molecule has 0 heterocycles. The number of amides is 2. The van der Waals surface area contributed by atoms with Crippen molar-refractivity contribution in [1.82, 2.24) is 5.32 Å². The minimum absolute atomic E-state index is 0.188. The Labute approximate surface area is 167 Å². The SMILES string of the molecule is CC(C)(C)OC(=O)NCc1cc(Br)cc(NC(=O)OCc2ccccc2)c1. The molecule has 0 radical (unpaired) electrons. The van der Waals surface area contributed by atoms with E-state index in [0.29, 0.717) is 5.69 Å². The number of rotatable bonds is 5. The monoisotopic (exact) mass is 434 g/mol. The van der Waals surface area contributed by atoms with E-state index in [2.05, 4.69) is 26.6 Å². The first kappa shape index (κ1) is 20.8. The molecule has 6 nitrogen and oxygen atoms in total. The van der Waals surface area contributed by atoms with E-state index in [4.69, 9.17) is 9.47 Å². The predicted octanol–water partition coefficient (Wildman–Crippen LogP) is 5.22. The lowest BCUT2D eigenvalue weighted by atomic mass is 10.2. The van der Waals surface area contributed by atoms with Crippen LogP contribution in [0.4, 0.5) is 15.3 Å². The third-order valence-corrected chi connectivity index (χ3v) is 3.71. The van der Waals surface area contributed by atoms with Crippen LogP contribution in [0.5, 0.6) is 0 Å². The van der Waals surface area contributed by atoms with Crippen LogP contribution in [-0.4, -0.2) is 17.8 Å². The van der Waals surface area contributed by atoms with Gasteiger partial charge in [0.05, 0.1) is 0 Å². The van der Waals surface area contributed by atoms with Crippen molar-refractivity contribution in [2.45, 2.75) is 39.5 Å². The first-order chi connectivity index (χ1) is 12.7. The molecule has 0 bridgehead atoms. The molecular weight excluding hydrogens is 412 g/mol. The molecule has 0 saturated carbocycles. The number of nitrogens with one attached hydrogen (secondary N) is 2. The molecule has 0 saturated heterocycles. The van der Waals surface area contributed by atoms with Crippen molar-refractivity contribution < 1.29 is 19.1 Å². The summed E-state index contributed by atoms with van der Waals surface area (Å²) in [6, 6.07) is 14.8. The summed E-state index contributed by atoms with van der Waals surface area (Å²) >= 11 is 3.40. The Morgan fingerprint density at radius 3 is 2.37 bits per heavy atom. The van der Waals surface area contributed by atoms with Crippen LogP contribution < -0.4 is 10.6 Å². The van der Waals surface area contributed by atoms with Crippen molar-refractivity contribution in [2.24, 2.45) is 0 Å². The van der Waals surface area contributed by atoms with Gasteiger partial charge < -0.3 is 14.8 Å². The van der Waals surface area contributed by atoms with Crippen LogP contribution in [0.15, 0.2) is 53.0 Å². The second-order valence-corrected chi connectivity index (χ2v) is 7.81. The molecule has 2 aromatic carbocycles. The zero-order valence-electron chi connectivity index (χ0n) is 15.5. The summed E-state index contributed by atoms with van der Waals surface area (Å²) in [7, 11) is 0. The Kier molecular flexibility index (Phi) is 7.24. The van der Waals surface area contributed by atoms with Crippen LogP contribution in [0.1, 0.15) is 31.9 Å². The Bertz CT molecular complexity index is 788. The van der Waals surface area contributed by atoms with Crippen LogP contribution >= 0.6 is 15.9 Å².